The molecule has 2 atom stereocenters. The predicted octanol–water partition coefficient (Wildman–Crippen LogP) is 6.79. The van der Waals surface area contributed by atoms with Crippen LogP contribution in [0.3, 0.4) is 0 Å². The maximum absolute atomic E-state index is 14.1. The van der Waals surface area contributed by atoms with Crippen molar-refractivity contribution in [3.05, 3.63) is 70.2 Å². The zero-order valence-corrected chi connectivity index (χ0v) is 23.2. The van der Waals surface area contributed by atoms with Gasteiger partial charge in [0.15, 0.2) is 0 Å². The highest BCUT2D eigenvalue weighted by atomic mass is 79.9. The number of halogens is 1. The first-order chi connectivity index (χ1) is 18.0. The van der Waals surface area contributed by atoms with E-state index in [2.05, 4.69) is 46.4 Å². The van der Waals surface area contributed by atoms with Crippen LogP contribution < -0.4 is 15.0 Å². The van der Waals surface area contributed by atoms with Gasteiger partial charge in [-0.15, -0.1) is 0 Å². The van der Waals surface area contributed by atoms with Crippen molar-refractivity contribution >= 4 is 44.2 Å². The Bertz CT molecular complexity index is 1300. The Morgan fingerprint density at radius 2 is 1.95 bits per heavy atom. The van der Waals surface area contributed by atoms with Gasteiger partial charge in [0.05, 0.1) is 13.7 Å². The summed E-state index contributed by atoms with van der Waals surface area (Å²) in [5.41, 5.74) is 2.98. The van der Waals surface area contributed by atoms with E-state index in [1.807, 2.05) is 41.3 Å². The SMILES string of the molecule is CC[C@H](CC1CCC1)C(=O)N[C@H]1CCc2ccccc2N(Cc2c(OC)ccc3cc(Br)ccc23)C1=O. The Morgan fingerprint density at radius 3 is 2.68 bits per heavy atom. The lowest BCUT2D eigenvalue weighted by Crippen LogP contribution is -2.49. The standard InChI is InChI=1S/C31H35BrN2O3/c1-3-21(17-20-7-6-8-20)30(35)33-27-15-11-22-9-4-5-10-28(22)34(31(27)36)19-26-25-14-13-24(32)18-23(25)12-16-29(26)37-2/h4-5,9-10,12-14,16,18,20-21,27H,3,6-8,11,15,17,19H2,1-2H3,(H,33,35)/t21-,27+/m1/s1. The van der Waals surface area contributed by atoms with Gasteiger partial charge in [-0.25, -0.2) is 0 Å². The molecule has 0 bridgehead atoms. The number of benzene rings is 3. The second-order valence-electron chi connectivity index (χ2n) is 10.4. The normalized spacial score (nSPS) is 18.6. The molecule has 1 aliphatic carbocycles. The van der Waals surface area contributed by atoms with Gasteiger partial charge in [-0.2, -0.15) is 0 Å². The number of aryl methyl sites for hydroxylation is 1. The number of nitrogens with one attached hydrogen (secondary N) is 1. The number of fused-ring (bicyclic) bond motifs is 2. The fraction of sp³-hybridized carbons (Fsp3) is 0.419. The molecule has 5 rings (SSSR count). The summed E-state index contributed by atoms with van der Waals surface area (Å²) in [6.07, 6.45) is 6.77. The summed E-state index contributed by atoms with van der Waals surface area (Å²) in [5.74, 6) is 1.32. The molecule has 194 valence electrons. The van der Waals surface area contributed by atoms with E-state index in [0.29, 0.717) is 18.9 Å². The highest BCUT2D eigenvalue weighted by Gasteiger charge is 2.34. The van der Waals surface area contributed by atoms with Crippen LogP contribution in [0.5, 0.6) is 5.75 Å². The van der Waals surface area contributed by atoms with Crippen LogP contribution in [0.1, 0.15) is 56.6 Å². The Labute approximate surface area is 227 Å². The molecule has 1 fully saturated rings. The first-order valence-electron chi connectivity index (χ1n) is 13.4. The number of methoxy groups -OCH3 is 1. The minimum atomic E-state index is -0.551. The first-order valence-corrected chi connectivity index (χ1v) is 14.2. The third-order valence-corrected chi connectivity index (χ3v) is 8.65. The van der Waals surface area contributed by atoms with Gasteiger partial charge < -0.3 is 15.0 Å². The Kier molecular flexibility index (Phi) is 7.84. The molecule has 1 N–H and O–H groups in total. The quantitative estimate of drug-likeness (QED) is 0.328. The highest BCUT2D eigenvalue weighted by molar-refractivity contribution is 9.10. The average molecular weight is 564 g/mol. The molecule has 0 spiro atoms. The maximum Gasteiger partial charge on any atom is 0.249 e. The van der Waals surface area contributed by atoms with Gasteiger partial charge in [-0.1, -0.05) is 72.4 Å². The van der Waals surface area contributed by atoms with Crippen molar-refractivity contribution in [3.8, 4) is 5.75 Å². The summed E-state index contributed by atoms with van der Waals surface area (Å²) in [5, 5.41) is 5.29. The molecule has 1 heterocycles. The second-order valence-corrected chi connectivity index (χ2v) is 11.3. The first kappa shape index (κ1) is 25.8. The highest BCUT2D eigenvalue weighted by Crippen LogP contribution is 2.36. The molecule has 37 heavy (non-hydrogen) atoms. The minimum absolute atomic E-state index is 0.0197. The Morgan fingerprint density at radius 1 is 1.14 bits per heavy atom. The topological polar surface area (TPSA) is 58.6 Å². The number of anilines is 1. The van der Waals surface area contributed by atoms with Crippen molar-refractivity contribution in [1.82, 2.24) is 5.32 Å². The summed E-state index contributed by atoms with van der Waals surface area (Å²) in [6, 6.07) is 17.7. The number of carbonyl (C=O) groups is 2. The van der Waals surface area contributed by atoms with Gasteiger partial charge in [0.2, 0.25) is 11.8 Å². The third-order valence-electron chi connectivity index (χ3n) is 8.16. The molecule has 2 aliphatic rings. The van der Waals surface area contributed by atoms with Gasteiger partial charge >= 0.3 is 0 Å². The van der Waals surface area contributed by atoms with Crippen molar-refractivity contribution in [2.24, 2.45) is 11.8 Å². The molecule has 0 aromatic heterocycles. The largest absolute Gasteiger partial charge is 0.496 e. The molecule has 3 aromatic rings. The maximum atomic E-state index is 14.1. The fourth-order valence-electron chi connectivity index (χ4n) is 5.75. The molecule has 2 amide bonds. The summed E-state index contributed by atoms with van der Waals surface area (Å²) >= 11 is 3.57. The number of rotatable bonds is 8. The second kappa shape index (κ2) is 11.3. The zero-order valence-electron chi connectivity index (χ0n) is 21.6. The Hall–Kier alpha value is -2.86. The van der Waals surface area contributed by atoms with E-state index in [9.17, 15) is 9.59 Å². The van der Waals surface area contributed by atoms with E-state index >= 15 is 0 Å². The van der Waals surface area contributed by atoms with Gasteiger partial charge in [0.1, 0.15) is 11.8 Å². The third kappa shape index (κ3) is 5.40. The number of ether oxygens (including phenoxy) is 1. The smallest absolute Gasteiger partial charge is 0.249 e. The van der Waals surface area contributed by atoms with Gasteiger partial charge in [0.25, 0.3) is 0 Å². The van der Waals surface area contributed by atoms with Crippen LogP contribution in [0, 0.1) is 11.8 Å². The fourth-order valence-corrected chi connectivity index (χ4v) is 6.13. The number of nitrogens with zero attached hydrogens (tertiary/aromatic N) is 1. The van der Waals surface area contributed by atoms with E-state index in [1.54, 1.807) is 7.11 Å². The molecule has 3 aromatic carbocycles. The van der Waals surface area contributed by atoms with Gasteiger partial charge in [-0.05, 0) is 72.2 Å². The van der Waals surface area contributed by atoms with Crippen LogP contribution >= 0.6 is 15.9 Å². The number of amides is 2. The molecule has 1 saturated carbocycles. The lowest BCUT2D eigenvalue weighted by Gasteiger charge is -2.30. The Balaban J connectivity index is 1.47. The van der Waals surface area contributed by atoms with E-state index < -0.39 is 6.04 Å². The summed E-state index contributed by atoms with van der Waals surface area (Å²) < 4.78 is 6.75. The number of hydrogen-bond donors (Lipinski definition) is 1. The summed E-state index contributed by atoms with van der Waals surface area (Å²) in [4.78, 5) is 29.3. The molecule has 0 saturated heterocycles. The van der Waals surface area contributed by atoms with Crippen LogP contribution in [0.25, 0.3) is 10.8 Å². The van der Waals surface area contributed by atoms with Crippen LogP contribution in [0.15, 0.2) is 59.1 Å². The van der Waals surface area contributed by atoms with Crippen LogP contribution in [-0.4, -0.2) is 25.0 Å². The van der Waals surface area contributed by atoms with E-state index in [1.165, 1.54) is 19.3 Å². The average Bonchev–Trinajstić information content (AvgIpc) is 3.00. The molecule has 1 aliphatic heterocycles. The van der Waals surface area contributed by atoms with Crippen molar-refractivity contribution < 1.29 is 14.3 Å². The van der Waals surface area contributed by atoms with Crippen molar-refractivity contribution in [2.75, 3.05) is 12.0 Å². The molecule has 5 nitrogen and oxygen atoms in total. The number of carbonyl (C=O) groups excluding carboxylic acids is 2. The summed E-state index contributed by atoms with van der Waals surface area (Å²) in [7, 11) is 1.66. The minimum Gasteiger partial charge on any atom is -0.496 e. The van der Waals surface area contributed by atoms with Crippen molar-refractivity contribution in [2.45, 2.75) is 64.5 Å². The molecular formula is C31H35BrN2O3. The van der Waals surface area contributed by atoms with Crippen LogP contribution in [-0.2, 0) is 22.6 Å². The van der Waals surface area contributed by atoms with E-state index in [-0.39, 0.29) is 17.7 Å². The molecule has 6 heteroatoms. The van der Waals surface area contributed by atoms with E-state index in [4.69, 9.17) is 4.74 Å². The predicted molar refractivity (Wildman–Crippen MR) is 152 cm³/mol. The lowest BCUT2D eigenvalue weighted by molar-refractivity contribution is -0.130. The monoisotopic (exact) mass is 562 g/mol. The van der Waals surface area contributed by atoms with Crippen LogP contribution in [0.4, 0.5) is 5.69 Å². The zero-order chi connectivity index (χ0) is 25.9. The summed E-state index contributed by atoms with van der Waals surface area (Å²) in [6.45, 7) is 2.44. The number of para-hydroxylation sites is 1. The molecule has 0 radical (unpaired) electrons. The van der Waals surface area contributed by atoms with Crippen molar-refractivity contribution in [3.63, 3.8) is 0 Å². The number of hydrogen-bond acceptors (Lipinski definition) is 3. The lowest BCUT2D eigenvalue weighted by atomic mass is 9.78. The molecular weight excluding hydrogens is 528 g/mol. The van der Waals surface area contributed by atoms with Gasteiger partial charge in [0, 0.05) is 21.6 Å². The van der Waals surface area contributed by atoms with Crippen molar-refractivity contribution in [1.29, 1.82) is 0 Å². The van der Waals surface area contributed by atoms with Gasteiger partial charge in [-0.3, -0.25) is 9.59 Å². The molecule has 0 unspecified atom stereocenters. The van der Waals surface area contributed by atoms with E-state index in [0.717, 1.165) is 57.1 Å². The van der Waals surface area contributed by atoms with Crippen LogP contribution in [0.2, 0.25) is 0 Å².